The number of alkyl carbamates (subject to hydrolysis) is 1. The van der Waals surface area contributed by atoms with Crippen LogP contribution in [0.2, 0.25) is 0 Å². The van der Waals surface area contributed by atoms with Crippen molar-refractivity contribution in [2.45, 2.75) is 101 Å². The molecule has 6 aromatic rings. The number of ether oxygens (including phenoxy) is 3. The van der Waals surface area contributed by atoms with Crippen molar-refractivity contribution in [1.29, 1.82) is 0 Å². The summed E-state index contributed by atoms with van der Waals surface area (Å²) in [6.45, 7) is 4.54. The Morgan fingerprint density at radius 2 is 1.13 bits per heavy atom. The number of carbonyl (C=O) groups excluding carboxylic acids is 3. The molecule has 0 aliphatic carbocycles. The van der Waals surface area contributed by atoms with Crippen LogP contribution in [-0.2, 0) is 23.8 Å². The SMILES string of the molecule is COC(=O)N[C@H](C(=O)N1CCC[C@H]1c1nc2cc(F)c([C@@H]3CC[C@@H](c4cc5[nH]c([C@@H]6CCCN6C(=O)C[C@@H](C)OC)nc5cc4F)N3c3cc(F)c(N4CCN(c5c(F)cccc5F)CC4)c(F)c3)cc2[nH]1)[C@@H](C)OC. The largest absolute Gasteiger partial charge is 0.453 e. The van der Waals surface area contributed by atoms with Gasteiger partial charge in [-0.15, -0.1) is 0 Å². The number of anilines is 3. The summed E-state index contributed by atoms with van der Waals surface area (Å²) in [7, 11) is 4.15. The van der Waals surface area contributed by atoms with Crippen molar-refractivity contribution in [2.75, 3.05) is 75.3 Å². The van der Waals surface area contributed by atoms with E-state index in [9.17, 15) is 23.2 Å². The quantitative estimate of drug-likeness (QED) is 0.0892. The lowest BCUT2D eigenvalue weighted by Crippen LogP contribution is -2.54. The minimum absolute atomic E-state index is 0.0128. The lowest BCUT2D eigenvalue weighted by Gasteiger charge is -2.38. The molecule has 2 aromatic heterocycles. The highest BCUT2D eigenvalue weighted by Gasteiger charge is 2.42. The minimum Gasteiger partial charge on any atom is -0.453 e. The van der Waals surface area contributed by atoms with E-state index in [4.69, 9.17) is 24.2 Å². The molecule has 10 rings (SSSR count). The zero-order valence-electron chi connectivity index (χ0n) is 42.8. The van der Waals surface area contributed by atoms with Gasteiger partial charge in [-0.25, -0.2) is 41.1 Å². The Morgan fingerprint density at radius 1 is 0.632 bits per heavy atom. The van der Waals surface area contributed by atoms with E-state index in [1.807, 2.05) is 6.92 Å². The third kappa shape index (κ3) is 9.84. The van der Waals surface area contributed by atoms with Gasteiger partial charge in [0.05, 0.1) is 72.0 Å². The molecule has 0 spiro atoms. The fourth-order valence-electron chi connectivity index (χ4n) is 11.7. The second-order valence-corrected chi connectivity index (χ2v) is 20.1. The second-order valence-electron chi connectivity index (χ2n) is 20.1. The Bertz CT molecular complexity index is 3120. The van der Waals surface area contributed by atoms with Gasteiger partial charge in [-0.3, -0.25) is 9.59 Å². The zero-order valence-corrected chi connectivity index (χ0v) is 42.8. The fourth-order valence-corrected chi connectivity index (χ4v) is 11.7. The second kappa shape index (κ2) is 21.5. The number of hydrogen-bond donors (Lipinski definition) is 3. The molecule has 7 atom stereocenters. The standard InChI is InChI=1S/C54H60F6N10O6/c1-28(74-3)21-47(71)68-15-7-11-45(68)51-61-39-24-31(35(57)26-41(39)63-51)43-13-14-44(70(43)30-22-37(59)50(38(60)23-30)67-19-17-66(18-20-67)49-33(55)9-6-10-34(49)56)32-25-40-42(27-36(32)58)64-52(62-40)46-12-8-16-69(46)53(72)48(29(2)75-4)65-54(73)76-5/h6,9-10,22-29,43-46,48H,7-8,11-21H2,1-5H3,(H,61,63)(H,62,64)(H,65,73)/t28-,29-,43+,44+,45+,46+,48+/m1/s1. The van der Waals surface area contributed by atoms with E-state index in [0.717, 1.165) is 30.7 Å². The van der Waals surface area contributed by atoms with Crippen LogP contribution in [-0.4, -0.2) is 126 Å². The molecular formula is C54H60F6N10O6. The third-order valence-corrected chi connectivity index (χ3v) is 15.7. The van der Waals surface area contributed by atoms with E-state index < -0.39 is 77.2 Å². The smallest absolute Gasteiger partial charge is 0.407 e. The van der Waals surface area contributed by atoms with Crippen molar-refractivity contribution in [2.24, 2.45) is 0 Å². The number of imidazole rings is 2. The first-order chi connectivity index (χ1) is 36.6. The van der Waals surface area contributed by atoms with Gasteiger partial charge in [0.25, 0.3) is 0 Å². The monoisotopic (exact) mass is 1060 g/mol. The molecule has 4 aromatic carbocycles. The Hall–Kier alpha value is -7.07. The van der Waals surface area contributed by atoms with Gasteiger partial charge in [0.15, 0.2) is 11.6 Å². The molecule has 3 amide bonds. The summed E-state index contributed by atoms with van der Waals surface area (Å²) in [5, 5.41) is 2.56. The van der Waals surface area contributed by atoms with Gasteiger partial charge in [-0.2, -0.15) is 0 Å². The van der Waals surface area contributed by atoms with Crippen LogP contribution in [0.5, 0.6) is 0 Å². The summed E-state index contributed by atoms with van der Waals surface area (Å²) >= 11 is 0. The average Bonchev–Trinajstić information content (AvgIpc) is 4.31. The molecule has 0 radical (unpaired) electrons. The number of nitrogens with zero attached hydrogens (tertiary/aromatic N) is 7. The van der Waals surface area contributed by atoms with Crippen LogP contribution in [0.4, 0.5) is 48.2 Å². The highest BCUT2D eigenvalue weighted by atomic mass is 19.2. The summed E-state index contributed by atoms with van der Waals surface area (Å²) in [4.78, 5) is 63.7. The summed E-state index contributed by atoms with van der Waals surface area (Å²) in [6, 6.07) is 7.77. The Labute approximate surface area is 434 Å². The molecule has 4 aliphatic heterocycles. The Morgan fingerprint density at radius 3 is 1.63 bits per heavy atom. The van der Waals surface area contributed by atoms with Crippen LogP contribution < -0.4 is 20.0 Å². The summed E-state index contributed by atoms with van der Waals surface area (Å²) in [6.07, 6.45) is 1.32. The number of piperazine rings is 1. The van der Waals surface area contributed by atoms with Crippen LogP contribution in [0.1, 0.15) is 106 Å². The number of aromatic nitrogens is 4. The van der Waals surface area contributed by atoms with Crippen molar-refractivity contribution in [1.82, 2.24) is 35.1 Å². The number of methoxy groups -OCH3 is 3. The van der Waals surface area contributed by atoms with Gasteiger partial charge in [0.1, 0.15) is 52.3 Å². The van der Waals surface area contributed by atoms with E-state index >= 15 is 17.6 Å². The molecule has 0 saturated carbocycles. The maximum Gasteiger partial charge on any atom is 0.407 e. The highest BCUT2D eigenvalue weighted by molar-refractivity contribution is 5.87. The first kappa shape index (κ1) is 52.4. The summed E-state index contributed by atoms with van der Waals surface area (Å²) in [5.74, 6) is -4.35. The molecule has 404 valence electrons. The van der Waals surface area contributed by atoms with Crippen molar-refractivity contribution in [3.63, 3.8) is 0 Å². The van der Waals surface area contributed by atoms with E-state index in [1.165, 1.54) is 42.2 Å². The molecule has 4 aliphatic rings. The molecule has 76 heavy (non-hydrogen) atoms. The maximum absolute atomic E-state index is 16.9. The van der Waals surface area contributed by atoms with Crippen LogP contribution in [0.3, 0.4) is 0 Å². The van der Waals surface area contributed by atoms with Crippen molar-refractivity contribution in [3.8, 4) is 0 Å². The number of nitrogens with one attached hydrogen (secondary N) is 3. The number of para-hydroxylation sites is 1. The van der Waals surface area contributed by atoms with E-state index in [0.29, 0.717) is 60.6 Å². The molecule has 22 heteroatoms. The highest BCUT2D eigenvalue weighted by Crippen LogP contribution is 2.50. The van der Waals surface area contributed by atoms with Gasteiger partial charge in [-0.05, 0) is 88.8 Å². The first-order valence-electron chi connectivity index (χ1n) is 25.7. The van der Waals surface area contributed by atoms with E-state index in [-0.39, 0.29) is 97.2 Å². The number of hydrogen-bond acceptors (Lipinski definition) is 11. The number of rotatable bonds is 14. The number of aromatic amines is 2. The molecule has 6 heterocycles. The number of fused-ring (bicyclic) bond motifs is 2. The van der Waals surface area contributed by atoms with E-state index in [1.54, 1.807) is 40.9 Å². The zero-order chi connectivity index (χ0) is 53.7. The number of amides is 3. The predicted molar refractivity (Wildman–Crippen MR) is 271 cm³/mol. The van der Waals surface area contributed by atoms with Crippen molar-refractivity contribution < 1.29 is 54.9 Å². The van der Waals surface area contributed by atoms with Gasteiger partial charge in [0.2, 0.25) is 11.8 Å². The van der Waals surface area contributed by atoms with Crippen LogP contribution in [0.15, 0.2) is 54.6 Å². The molecule has 0 bridgehead atoms. The molecule has 4 saturated heterocycles. The normalized spacial score (nSPS) is 21.3. The molecule has 16 nitrogen and oxygen atoms in total. The minimum atomic E-state index is -1.08. The van der Waals surface area contributed by atoms with Crippen molar-refractivity contribution in [3.05, 3.63) is 112 Å². The van der Waals surface area contributed by atoms with Crippen LogP contribution in [0, 0.1) is 34.9 Å². The Kier molecular flexibility index (Phi) is 14.8. The first-order valence-corrected chi connectivity index (χ1v) is 25.7. The van der Waals surface area contributed by atoms with E-state index in [2.05, 4.69) is 15.3 Å². The number of H-pyrrole nitrogens is 2. The lowest BCUT2D eigenvalue weighted by atomic mass is 10.0. The molecule has 4 fully saturated rings. The van der Waals surface area contributed by atoms with Gasteiger partial charge in [-0.1, -0.05) is 6.07 Å². The van der Waals surface area contributed by atoms with Gasteiger partial charge in [0, 0.05) is 82.4 Å². The summed E-state index contributed by atoms with van der Waals surface area (Å²) in [5.41, 5.74) is 1.22. The van der Waals surface area contributed by atoms with Crippen molar-refractivity contribution >= 4 is 57.0 Å². The maximum atomic E-state index is 16.9. The molecule has 0 unspecified atom stereocenters. The average molecular weight is 1060 g/mol. The fraction of sp³-hybridized carbons (Fsp3) is 0.463. The van der Waals surface area contributed by atoms with Gasteiger partial charge >= 0.3 is 6.09 Å². The molecule has 3 N–H and O–H groups in total. The Balaban J connectivity index is 0.997. The number of carbonyl (C=O) groups is 3. The number of benzene rings is 4. The lowest BCUT2D eigenvalue weighted by molar-refractivity contribution is -0.137. The van der Waals surface area contributed by atoms with Crippen LogP contribution in [0.25, 0.3) is 22.1 Å². The van der Waals surface area contributed by atoms with Crippen LogP contribution >= 0.6 is 0 Å². The predicted octanol–water partition coefficient (Wildman–Crippen LogP) is 9.19. The topological polar surface area (TPSA) is 164 Å². The number of halogens is 6. The molecular weight excluding hydrogens is 999 g/mol. The van der Waals surface area contributed by atoms with Gasteiger partial charge < -0.3 is 54.0 Å². The third-order valence-electron chi connectivity index (χ3n) is 15.7. The number of likely N-dealkylation sites (tertiary alicyclic amines) is 2. The summed E-state index contributed by atoms with van der Waals surface area (Å²) < 4.78 is 112.